The van der Waals surface area contributed by atoms with Gasteiger partial charge in [-0.3, -0.25) is 0 Å². The number of hydrogen-bond acceptors (Lipinski definition) is 3. The standard InChI is InChI=1S/C16H22N2S/c1-3-8-16-18-14(12-19-16)11-15(17-4-2)13-9-6-5-7-10-13/h5-7,9-10,12,15,17H,3-4,8,11H2,1-2H3. The molecule has 1 heterocycles. The Kier molecular flexibility index (Phi) is 5.55. The molecule has 0 aliphatic heterocycles. The maximum atomic E-state index is 4.73. The fourth-order valence-corrected chi connectivity index (χ4v) is 3.13. The number of hydrogen-bond donors (Lipinski definition) is 1. The first-order chi connectivity index (χ1) is 9.33. The molecule has 102 valence electrons. The number of aryl methyl sites for hydroxylation is 1. The quantitative estimate of drug-likeness (QED) is 0.826. The van der Waals surface area contributed by atoms with Crippen LogP contribution in [0.2, 0.25) is 0 Å². The summed E-state index contributed by atoms with van der Waals surface area (Å²) in [5, 5.41) is 7.02. The summed E-state index contributed by atoms with van der Waals surface area (Å²) in [6, 6.07) is 11.0. The fraction of sp³-hybridized carbons (Fsp3) is 0.438. The van der Waals surface area contributed by atoms with Gasteiger partial charge in [-0.1, -0.05) is 44.2 Å². The minimum absolute atomic E-state index is 0.364. The van der Waals surface area contributed by atoms with Crippen molar-refractivity contribution in [1.29, 1.82) is 0 Å². The van der Waals surface area contributed by atoms with E-state index in [0.717, 1.165) is 19.4 Å². The topological polar surface area (TPSA) is 24.9 Å². The molecule has 2 rings (SSSR count). The average molecular weight is 274 g/mol. The summed E-state index contributed by atoms with van der Waals surface area (Å²) >= 11 is 1.79. The van der Waals surface area contributed by atoms with Gasteiger partial charge in [0.25, 0.3) is 0 Å². The second kappa shape index (κ2) is 7.41. The summed E-state index contributed by atoms with van der Waals surface area (Å²) in [6.07, 6.45) is 3.24. The molecular weight excluding hydrogens is 252 g/mol. The third-order valence-corrected chi connectivity index (χ3v) is 4.09. The number of likely N-dealkylation sites (N-methyl/N-ethyl adjacent to an activating group) is 1. The molecule has 0 fully saturated rings. The largest absolute Gasteiger partial charge is 0.310 e. The van der Waals surface area contributed by atoms with Crippen LogP contribution in [0.15, 0.2) is 35.7 Å². The molecule has 1 aromatic heterocycles. The van der Waals surface area contributed by atoms with E-state index in [1.807, 2.05) is 0 Å². The predicted octanol–water partition coefficient (Wildman–Crippen LogP) is 3.99. The Bertz CT molecular complexity index is 479. The molecule has 0 radical (unpaired) electrons. The van der Waals surface area contributed by atoms with Crippen LogP contribution in [0.3, 0.4) is 0 Å². The number of nitrogens with zero attached hydrogens (tertiary/aromatic N) is 1. The van der Waals surface area contributed by atoms with Crippen molar-refractivity contribution in [3.8, 4) is 0 Å². The summed E-state index contributed by atoms with van der Waals surface area (Å²) in [5.41, 5.74) is 2.55. The molecule has 2 aromatic rings. The number of rotatable bonds is 7. The van der Waals surface area contributed by atoms with Crippen molar-refractivity contribution < 1.29 is 0 Å². The first kappa shape index (κ1) is 14.2. The highest BCUT2D eigenvalue weighted by atomic mass is 32.1. The van der Waals surface area contributed by atoms with Gasteiger partial charge in [-0.05, 0) is 24.9 Å². The zero-order valence-electron chi connectivity index (χ0n) is 11.7. The zero-order chi connectivity index (χ0) is 13.5. The maximum absolute atomic E-state index is 4.73. The van der Waals surface area contributed by atoms with Gasteiger partial charge in [-0.2, -0.15) is 0 Å². The molecule has 3 heteroatoms. The molecule has 0 saturated carbocycles. The fourth-order valence-electron chi connectivity index (χ4n) is 2.22. The normalized spacial score (nSPS) is 12.5. The molecule has 1 aromatic carbocycles. The van der Waals surface area contributed by atoms with Crippen LogP contribution in [0.5, 0.6) is 0 Å². The SMILES string of the molecule is CCCc1nc(CC(NCC)c2ccccc2)cs1. The number of thiazole rings is 1. The zero-order valence-corrected chi connectivity index (χ0v) is 12.5. The second-order valence-corrected chi connectivity index (χ2v) is 5.65. The van der Waals surface area contributed by atoms with Crippen molar-refractivity contribution in [2.75, 3.05) is 6.54 Å². The lowest BCUT2D eigenvalue weighted by Gasteiger charge is -2.17. The highest BCUT2D eigenvalue weighted by Crippen LogP contribution is 2.20. The van der Waals surface area contributed by atoms with Crippen LogP contribution >= 0.6 is 11.3 Å². The van der Waals surface area contributed by atoms with E-state index in [1.54, 1.807) is 11.3 Å². The monoisotopic (exact) mass is 274 g/mol. The Balaban J connectivity index is 2.07. The number of benzene rings is 1. The lowest BCUT2D eigenvalue weighted by Crippen LogP contribution is -2.23. The highest BCUT2D eigenvalue weighted by Gasteiger charge is 2.12. The first-order valence-electron chi connectivity index (χ1n) is 7.05. The van der Waals surface area contributed by atoms with Crippen LogP contribution in [-0.2, 0) is 12.8 Å². The van der Waals surface area contributed by atoms with Crippen molar-refractivity contribution in [2.45, 2.75) is 39.2 Å². The molecular formula is C16H22N2S. The molecule has 2 nitrogen and oxygen atoms in total. The van der Waals surface area contributed by atoms with Crippen molar-refractivity contribution >= 4 is 11.3 Å². The van der Waals surface area contributed by atoms with Crippen LogP contribution in [0.25, 0.3) is 0 Å². The van der Waals surface area contributed by atoms with E-state index in [2.05, 4.69) is 54.9 Å². The van der Waals surface area contributed by atoms with Crippen LogP contribution in [0, 0.1) is 0 Å². The van der Waals surface area contributed by atoms with Gasteiger partial charge in [-0.25, -0.2) is 4.98 Å². The highest BCUT2D eigenvalue weighted by molar-refractivity contribution is 7.09. The molecule has 1 atom stereocenters. The molecule has 1 unspecified atom stereocenters. The third kappa shape index (κ3) is 4.15. The summed E-state index contributed by atoms with van der Waals surface area (Å²) in [7, 11) is 0. The van der Waals surface area contributed by atoms with E-state index < -0.39 is 0 Å². The summed E-state index contributed by atoms with van der Waals surface area (Å²) in [4.78, 5) is 4.73. The summed E-state index contributed by atoms with van der Waals surface area (Å²) < 4.78 is 0. The van der Waals surface area contributed by atoms with Gasteiger partial charge in [0.15, 0.2) is 0 Å². The first-order valence-corrected chi connectivity index (χ1v) is 7.93. The van der Waals surface area contributed by atoms with E-state index in [4.69, 9.17) is 4.98 Å². The Hall–Kier alpha value is -1.19. The minimum atomic E-state index is 0.364. The van der Waals surface area contributed by atoms with Gasteiger partial charge in [0, 0.05) is 17.8 Å². The van der Waals surface area contributed by atoms with Crippen molar-refractivity contribution in [1.82, 2.24) is 10.3 Å². The molecule has 0 aliphatic carbocycles. The van der Waals surface area contributed by atoms with E-state index in [1.165, 1.54) is 22.7 Å². The molecule has 0 bridgehead atoms. The van der Waals surface area contributed by atoms with E-state index in [0.29, 0.717) is 6.04 Å². The average Bonchev–Trinajstić information content (AvgIpc) is 2.87. The second-order valence-electron chi connectivity index (χ2n) is 4.71. The van der Waals surface area contributed by atoms with Crippen LogP contribution in [0.4, 0.5) is 0 Å². The van der Waals surface area contributed by atoms with Gasteiger partial charge >= 0.3 is 0 Å². The molecule has 19 heavy (non-hydrogen) atoms. The number of nitrogens with one attached hydrogen (secondary N) is 1. The lowest BCUT2D eigenvalue weighted by atomic mass is 10.0. The van der Waals surface area contributed by atoms with Crippen LogP contribution in [0.1, 0.15) is 42.6 Å². The van der Waals surface area contributed by atoms with Gasteiger partial charge < -0.3 is 5.32 Å². The van der Waals surface area contributed by atoms with Crippen molar-refractivity contribution in [3.05, 3.63) is 52.0 Å². The molecule has 0 spiro atoms. The smallest absolute Gasteiger partial charge is 0.0928 e. The Labute approximate surface area is 119 Å². The number of aromatic nitrogens is 1. The summed E-state index contributed by atoms with van der Waals surface area (Å²) in [5.74, 6) is 0. The molecule has 0 saturated heterocycles. The van der Waals surface area contributed by atoms with Gasteiger partial charge in [0.1, 0.15) is 0 Å². The predicted molar refractivity (Wildman–Crippen MR) is 82.7 cm³/mol. The molecule has 0 aliphatic rings. The molecule has 0 amide bonds. The maximum Gasteiger partial charge on any atom is 0.0928 e. The van der Waals surface area contributed by atoms with E-state index in [9.17, 15) is 0 Å². The summed E-state index contributed by atoms with van der Waals surface area (Å²) in [6.45, 7) is 5.33. The third-order valence-electron chi connectivity index (χ3n) is 3.13. The van der Waals surface area contributed by atoms with E-state index in [-0.39, 0.29) is 0 Å². The Morgan fingerprint density at radius 1 is 1.21 bits per heavy atom. The van der Waals surface area contributed by atoms with Gasteiger partial charge in [-0.15, -0.1) is 11.3 Å². The Morgan fingerprint density at radius 2 is 2.00 bits per heavy atom. The van der Waals surface area contributed by atoms with Crippen molar-refractivity contribution in [3.63, 3.8) is 0 Å². The van der Waals surface area contributed by atoms with Crippen LogP contribution < -0.4 is 5.32 Å². The lowest BCUT2D eigenvalue weighted by molar-refractivity contribution is 0.544. The van der Waals surface area contributed by atoms with Gasteiger partial charge in [0.05, 0.1) is 10.7 Å². The minimum Gasteiger partial charge on any atom is -0.310 e. The van der Waals surface area contributed by atoms with Crippen molar-refractivity contribution in [2.24, 2.45) is 0 Å². The molecule has 1 N–H and O–H groups in total. The van der Waals surface area contributed by atoms with Gasteiger partial charge in [0.2, 0.25) is 0 Å². The van der Waals surface area contributed by atoms with E-state index >= 15 is 0 Å². The van der Waals surface area contributed by atoms with Crippen LogP contribution in [-0.4, -0.2) is 11.5 Å². The Morgan fingerprint density at radius 3 is 2.68 bits per heavy atom.